The van der Waals surface area contributed by atoms with Gasteiger partial charge in [0.1, 0.15) is 5.52 Å². The minimum absolute atomic E-state index is 0.223. The van der Waals surface area contributed by atoms with Crippen molar-refractivity contribution in [2.45, 2.75) is 0 Å². The molecule has 0 saturated carbocycles. The first-order chi connectivity index (χ1) is 9.61. The summed E-state index contributed by atoms with van der Waals surface area (Å²) in [5, 5.41) is 3.10. The Hall–Kier alpha value is -1.92. The third-order valence-corrected chi connectivity index (χ3v) is 3.38. The molecule has 1 aromatic heterocycles. The molecule has 6 heteroatoms. The molecule has 3 rings (SSSR count). The van der Waals surface area contributed by atoms with Gasteiger partial charge in [-0.05, 0) is 54.7 Å². The van der Waals surface area contributed by atoms with E-state index >= 15 is 0 Å². The number of hydrogen-bond acceptors (Lipinski definition) is 3. The van der Waals surface area contributed by atoms with Crippen LogP contribution in [0, 0.1) is 0 Å². The van der Waals surface area contributed by atoms with Crippen LogP contribution in [0.1, 0.15) is 0 Å². The molecule has 20 heavy (non-hydrogen) atoms. The average Bonchev–Trinajstić information content (AvgIpc) is 2.81. The van der Waals surface area contributed by atoms with Crippen LogP contribution < -0.4 is 11.1 Å². The molecule has 0 bridgehead atoms. The second-order valence-electron chi connectivity index (χ2n) is 4.20. The molecule has 1 heterocycles. The lowest BCUT2D eigenvalue weighted by Crippen LogP contribution is -2.18. The number of nitrogens with zero attached hydrogens (tertiary/aromatic N) is 1. The molecule has 3 aromatic rings. The molecule has 0 aliphatic rings. The van der Waals surface area contributed by atoms with E-state index in [0.717, 1.165) is 26.8 Å². The van der Waals surface area contributed by atoms with Gasteiger partial charge in [0.15, 0.2) is 10.7 Å². The first-order valence-corrected chi connectivity index (χ1v) is 7.05. The zero-order valence-electron chi connectivity index (χ0n) is 10.3. The Kier molecular flexibility index (Phi) is 3.42. The van der Waals surface area contributed by atoms with Gasteiger partial charge in [0.25, 0.3) is 0 Å². The van der Waals surface area contributed by atoms with Crippen molar-refractivity contribution in [3.8, 4) is 11.5 Å². The molecule has 3 N–H and O–H groups in total. The van der Waals surface area contributed by atoms with Crippen LogP contribution in [0.5, 0.6) is 0 Å². The Balaban J connectivity index is 2.01. The lowest BCUT2D eigenvalue weighted by Gasteiger charge is -2.01. The van der Waals surface area contributed by atoms with Crippen LogP contribution in [0.4, 0.5) is 5.69 Å². The van der Waals surface area contributed by atoms with E-state index in [1.807, 2.05) is 42.5 Å². The predicted octanol–water partition coefficient (Wildman–Crippen LogP) is 3.91. The maximum absolute atomic E-state index is 5.74. The lowest BCUT2D eigenvalue weighted by molar-refractivity contribution is 0.620. The minimum atomic E-state index is 0.223. The van der Waals surface area contributed by atoms with Gasteiger partial charge in [-0.1, -0.05) is 15.9 Å². The van der Waals surface area contributed by atoms with Gasteiger partial charge in [-0.3, -0.25) is 0 Å². The van der Waals surface area contributed by atoms with Gasteiger partial charge in [-0.15, -0.1) is 0 Å². The van der Waals surface area contributed by atoms with Gasteiger partial charge in [-0.2, -0.15) is 0 Å². The third-order valence-electron chi connectivity index (χ3n) is 2.75. The summed E-state index contributed by atoms with van der Waals surface area (Å²) in [6.45, 7) is 0. The number of anilines is 1. The van der Waals surface area contributed by atoms with E-state index in [-0.39, 0.29) is 5.11 Å². The molecule has 2 aromatic carbocycles. The summed E-state index contributed by atoms with van der Waals surface area (Å²) in [5.41, 5.74) is 8.64. The molecule has 0 atom stereocenters. The topological polar surface area (TPSA) is 64.1 Å². The summed E-state index contributed by atoms with van der Waals surface area (Å²) in [6, 6.07) is 13.3. The zero-order valence-corrected chi connectivity index (χ0v) is 12.7. The van der Waals surface area contributed by atoms with Gasteiger partial charge in [0.05, 0.1) is 0 Å². The molecule has 0 saturated heterocycles. The average molecular weight is 348 g/mol. The highest BCUT2D eigenvalue weighted by Gasteiger charge is 2.08. The number of nitrogens with one attached hydrogen (secondary N) is 1. The predicted molar refractivity (Wildman–Crippen MR) is 87.6 cm³/mol. The normalized spacial score (nSPS) is 10.7. The van der Waals surface area contributed by atoms with Crippen LogP contribution in [0.15, 0.2) is 51.4 Å². The number of thiocarbonyl (C=S) groups is 1. The summed E-state index contributed by atoms with van der Waals surface area (Å²) >= 11 is 8.21. The second kappa shape index (κ2) is 5.22. The first kappa shape index (κ1) is 13.1. The molecule has 0 amide bonds. The smallest absolute Gasteiger partial charge is 0.227 e. The molecule has 0 aliphatic heterocycles. The van der Waals surface area contributed by atoms with E-state index in [9.17, 15) is 0 Å². The van der Waals surface area contributed by atoms with Crippen molar-refractivity contribution in [1.29, 1.82) is 0 Å². The Bertz CT molecular complexity index is 783. The highest BCUT2D eigenvalue weighted by molar-refractivity contribution is 9.10. The summed E-state index contributed by atoms with van der Waals surface area (Å²) in [6.07, 6.45) is 0. The van der Waals surface area contributed by atoms with Crippen molar-refractivity contribution in [2.24, 2.45) is 5.73 Å². The van der Waals surface area contributed by atoms with Crippen LogP contribution in [-0.4, -0.2) is 10.1 Å². The number of oxazole rings is 1. The van der Waals surface area contributed by atoms with Gasteiger partial charge in [0.2, 0.25) is 5.89 Å². The highest BCUT2D eigenvalue weighted by atomic mass is 79.9. The third kappa shape index (κ3) is 2.66. The number of aromatic nitrogens is 1. The molecule has 0 spiro atoms. The fraction of sp³-hybridized carbons (Fsp3) is 0. The molecule has 0 fully saturated rings. The number of rotatable bonds is 2. The molecular weight excluding hydrogens is 338 g/mol. The summed E-state index contributed by atoms with van der Waals surface area (Å²) in [5.74, 6) is 0.583. The quantitative estimate of drug-likeness (QED) is 0.688. The van der Waals surface area contributed by atoms with E-state index in [4.69, 9.17) is 22.4 Å². The van der Waals surface area contributed by atoms with Crippen LogP contribution in [0.25, 0.3) is 22.6 Å². The Morgan fingerprint density at radius 2 is 1.95 bits per heavy atom. The van der Waals surface area contributed by atoms with Crippen molar-refractivity contribution in [3.63, 3.8) is 0 Å². The minimum Gasteiger partial charge on any atom is -0.436 e. The molecule has 0 radical (unpaired) electrons. The standard InChI is InChI=1S/C14H10BrN3OS/c15-9-3-1-8(2-4-9)13-18-11-7-10(17-14(16)20)5-6-12(11)19-13/h1-7H,(H3,16,17,20). The summed E-state index contributed by atoms with van der Waals surface area (Å²) in [4.78, 5) is 4.47. The van der Waals surface area contributed by atoms with Crippen molar-refractivity contribution in [3.05, 3.63) is 46.9 Å². The van der Waals surface area contributed by atoms with E-state index in [1.54, 1.807) is 0 Å². The Morgan fingerprint density at radius 3 is 2.65 bits per heavy atom. The van der Waals surface area contributed by atoms with Crippen LogP contribution in [0.2, 0.25) is 0 Å². The van der Waals surface area contributed by atoms with Crippen molar-refractivity contribution in [1.82, 2.24) is 4.98 Å². The number of hydrogen-bond donors (Lipinski definition) is 2. The van der Waals surface area contributed by atoms with E-state index in [0.29, 0.717) is 5.89 Å². The SMILES string of the molecule is NC(=S)Nc1ccc2oc(-c3ccc(Br)cc3)nc2c1. The zero-order chi connectivity index (χ0) is 14.1. The molecule has 0 aliphatic carbocycles. The van der Waals surface area contributed by atoms with E-state index in [2.05, 4.69) is 26.2 Å². The number of nitrogens with two attached hydrogens (primary N) is 1. The van der Waals surface area contributed by atoms with Gasteiger partial charge in [-0.25, -0.2) is 4.98 Å². The van der Waals surface area contributed by atoms with Crippen LogP contribution >= 0.6 is 28.1 Å². The monoisotopic (exact) mass is 347 g/mol. The van der Waals surface area contributed by atoms with Crippen LogP contribution in [-0.2, 0) is 0 Å². The van der Waals surface area contributed by atoms with Crippen molar-refractivity contribution >= 4 is 50.0 Å². The highest BCUT2D eigenvalue weighted by Crippen LogP contribution is 2.27. The second-order valence-corrected chi connectivity index (χ2v) is 5.55. The molecule has 4 nitrogen and oxygen atoms in total. The molecule has 100 valence electrons. The lowest BCUT2D eigenvalue weighted by atomic mass is 10.2. The Labute approximate surface area is 129 Å². The van der Waals surface area contributed by atoms with Crippen LogP contribution in [0.3, 0.4) is 0 Å². The molecular formula is C14H10BrN3OS. The van der Waals surface area contributed by atoms with Gasteiger partial charge >= 0.3 is 0 Å². The molecule has 0 unspecified atom stereocenters. The Morgan fingerprint density at radius 1 is 1.20 bits per heavy atom. The summed E-state index contributed by atoms with van der Waals surface area (Å²) in [7, 11) is 0. The van der Waals surface area contributed by atoms with Crippen molar-refractivity contribution < 1.29 is 4.42 Å². The van der Waals surface area contributed by atoms with E-state index in [1.165, 1.54) is 0 Å². The van der Waals surface area contributed by atoms with Gasteiger partial charge in [0, 0.05) is 15.7 Å². The summed E-state index contributed by atoms with van der Waals surface area (Å²) < 4.78 is 6.75. The number of halogens is 1. The number of benzene rings is 2. The van der Waals surface area contributed by atoms with Crippen molar-refractivity contribution in [2.75, 3.05) is 5.32 Å². The van der Waals surface area contributed by atoms with Gasteiger partial charge < -0.3 is 15.5 Å². The van der Waals surface area contributed by atoms with E-state index < -0.39 is 0 Å². The fourth-order valence-corrected chi connectivity index (χ4v) is 2.25. The number of fused-ring (bicyclic) bond motifs is 1. The largest absolute Gasteiger partial charge is 0.436 e. The fourth-order valence-electron chi connectivity index (χ4n) is 1.86. The maximum Gasteiger partial charge on any atom is 0.227 e. The first-order valence-electron chi connectivity index (χ1n) is 5.85. The maximum atomic E-state index is 5.74.